The molecule has 5 aromatic rings. The number of aromatic amines is 1. The molecule has 0 unspecified atom stereocenters. The molecule has 2 bridgehead atoms. The first kappa shape index (κ1) is 42.2. The lowest BCUT2D eigenvalue weighted by atomic mass is 9.86. The first-order valence-corrected chi connectivity index (χ1v) is 24.1. The summed E-state index contributed by atoms with van der Waals surface area (Å²) < 4.78 is 19.1. The second-order valence-corrected chi connectivity index (χ2v) is 22.4. The van der Waals surface area contributed by atoms with Gasteiger partial charge in [-0.3, -0.25) is 15.0 Å². The average molecular weight is 817 g/mol. The van der Waals surface area contributed by atoms with Crippen LogP contribution in [0.15, 0.2) is 102 Å². The Morgan fingerprint density at radius 1 is 0.932 bits per heavy atom. The number of anilines is 1. The number of nitrogens with one attached hydrogen (secondary N) is 3. The molecular weight excluding hydrogens is 757 g/mol. The first-order valence-electron chi connectivity index (χ1n) is 21.2. The van der Waals surface area contributed by atoms with Crippen LogP contribution < -0.4 is 20.9 Å². The van der Waals surface area contributed by atoms with Gasteiger partial charge in [0.1, 0.15) is 17.6 Å². The van der Waals surface area contributed by atoms with E-state index in [4.69, 9.17) is 13.9 Å². The Kier molecular flexibility index (Phi) is 13.3. The Morgan fingerprint density at radius 2 is 1.68 bits per heavy atom. The molecule has 8 rings (SSSR count). The highest BCUT2D eigenvalue weighted by molar-refractivity contribution is 6.74. The number of piperidine rings is 3. The van der Waals surface area contributed by atoms with Crippen molar-refractivity contribution in [2.24, 2.45) is 5.92 Å². The minimum atomic E-state index is -2.18. The number of hydrogen-bond donors (Lipinski definition) is 4. The number of ether oxygens (including phenoxy) is 2. The zero-order chi connectivity index (χ0) is 41.6. The summed E-state index contributed by atoms with van der Waals surface area (Å²) in [5, 5.41) is 18.0. The van der Waals surface area contributed by atoms with Crippen molar-refractivity contribution in [3.63, 3.8) is 0 Å². The molecule has 312 valence electrons. The van der Waals surface area contributed by atoms with Gasteiger partial charge in [0.15, 0.2) is 8.32 Å². The Hall–Kier alpha value is -4.94. The van der Waals surface area contributed by atoms with Crippen LogP contribution in [0.5, 0.6) is 11.5 Å². The fourth-order valence-corrected chi connectivity index (χ4v) is 9.28. The van der Waals surface area contributed by atoms with Gasteiger partial charge in [-0.2, -0.15) is 0 Å². The number of aromatic nitrogens is 1. The third-order valence-corrected chi connectivity index (χ3v) is 17.0. The highest BCUT2D eigenvalue weighted by Crippen LogP contribution is 2.41. The molecule has 4 heterocycles. The highest BCUT2D eigenvalue weighted by Gasteiger charge is 2.40. The third kappa shape index (κ3) is 10.6. The van der Waals surface area contributed by atoms with Crippen molar-refractivity contribution in [3.05, 3.63) is 124 Å². The number of nitrogens with zero attached hydrogens (tertiary/aromatic N) is 1. The quantitative estimate of drug-likeness (QED) is 0.0574. The Bertz CT molecular complexity index is 2250. The molecular formula is C48H60N4O6Si. The van der Waals surface area contributed by atoms with Crippen LogP contribution in [0.1, 0.15) is 69.2 Å². The molecule has 59 heavy (non-hydrogen) atoms. The van der Waals surface area contributed by atoms with Crippen molar-refractivity contribution in [3.8, 4) is 22.6 Å². The van der Waals surface area contributed by atoms with Gasteiger partial charge in [-0.05, 0) is 122 Å². The van der Waals surface area contributed by atoms with Crippen LogP contribution in [0.3, 0.4) is 0 Å². The van der Waals surface area contributed by atoms with Crippen LogP contribution in [0, 0.1) is 5.92 Å². The third-order valence-electron chi connectivity index (χ3n) is 12.5. The van der Waals surface area contributed by atoms with Crippen LogP contribution in [0.25, 0.3) is 22.0 Å². The molecule has 4 N–H and O–H groups in total. The Labute approximate surface area is 349 Å². The molecule has 2 atom stereocenters. The number of amides is 1. The number of aryl methyl sites for hydroxylation is 1. The average Bonchev–Trinajstić information content (AvgIpc) is 3.21. The number of phenolic OH excluding ortho intramolecular Hbond substituents is 1. The molecule has 0 saturated carbocycles. The molecule has 11 heteroatoms. The van der Waals surface area contributed by atoms with Crippen LogP contribution in [0.2, 0.25) is 18.1 Å². The summed E-state index contributed by atoms with van der Waals surface area (Å²) in [5.41, 5.74) is 6.17. The summed E-state index contributed by atoms with van der Waals surface area (Å²) in [6, 6.07) is 31.5. The summed E-state index contributed by atoms with van der Waals surface area (Å²) in [6.07, 6.45) is 4.18. The minimum absolute atomic E-state index is 0.000912. The van der Waals surface area contributed by atoms with E-state index in [9.17, 15) is 14.7 Å². The Balaban J connectivity index is 0.907. The molecule has 4 aromatic carbocycles. The van der Waals surface area contributed by atoms with Gasteiger partial charge in [-0.25, -0.2) is 4.79 Å². The minimum Gasteiger partial charge on any atom is -0.506 e. The van der Waals surface area contributed by atoms with E-state index in [2.05, 4.69) is 96.8 Å². The van der Waals surface area contributed by atoms with Crippen LogP contribution in [0.4, 0.5) is 10.5 Å². The van der Waals surface area contributed by atoms with Crippen molar-refractivity contribution in [1.29, 1.82) is 0 Å². The SMILES string of the molecule is CC(C)(C)[Si](C)(C)O[C@@H](CNCc1ccc(OCCCCc2ccc(-c3ccccc3)c(NC(=O)O[C@H]3CN4CCC3CC4)c2)cc1)c1ccc(O)c2[nH]c(=O)ccc12. The van der Waals surface area contributed by atoms with Gasteiger partial charge in [0.25, 0.3) is 0 Å². The fraction of sp³-hybridized carbons (Fsp3) is 0.417. The normalized spacial score (nSPS) is 18.4. The summed E-state index contributed by atoms with van der Waals surface area (Å²) in [5.74, 6) is 1.32. The van der Waals surface area contributed by atoms with Crippen molar-refractivity contribution in [1.82, 2.24) is 15.2 Å². The summed E-state index contributed by atoms with van der Waals surface area (Å²) in [7, 11) is -2.18. The van der Waals surface area contributed by atoms with Gasteiger partial charge in [-0.1, -0.05) is 81.4 Å². The van der Waals surface area contributed by atoms with Crippen LogP contribution in [-0.2, 0) is 22.1 Å². The molecule has 1 amide bonds. The van der Waals surface area contributed by atoms with E-state index in [0.29, 0.717) is 31.1 Å². The standard InChI is InChI=1S/C48H60N4O6Si/c1-48(2,3)59(4,5)58-43(39-20-22-42(53)46-40(39)21-23-45(54)51-46)31-49-30-34-14-17-37(18-15-34)56-28-10-9-11-33-16-19-38(35-12-7-6-8-13-35)41(29-33)50-47(55)57-44-32-52-26-24-36(44)25-27-52/h6-8,12-23,29,36,43-44,49,53H,9-11,24-28,30-32H2,1-5H3,(H,50,55)(H,51,54)/t43-,44-/m0/s1. The van der Waals surface area contributed by atoms with Gasteiger partial charge in [0.05, 0.1) is 23.9 Å². The second-order valence-electron chi connectivity index (χ2n) is 17.7. The zero-order valence-corrected chi connectivity index (χ0v) is 36.2. The van der Waals surface area contributed by atoms with Gasteiger partial charge >= 0.3 is 6.09 Å². The molecule has 0 radical (unpaired) electrons. The predicted octanol–water partition coefficient (Wildman–Crippen LogP) is 9.80. The van der Waals surface area contributed by atoms with Crippen LogP contribution in [-0.4, -0.2) is 68.3 Å². The van der Waals surface area contributed by atoms with E-state index >= 15 is 0 Å². The number of H-pyrrole nitrogens is 1. The molecule has 3 fully saturated rings. The number of aromatic hydroxyl groups is 1. The molecule has 0 aliphatic carbocycles. The number of fused-ring (bicyclic) bond motifs is 4. The van der Waals surface area contributed by atoms with E-state index in [-0.39, 0.29) is 34.6 Å². The predicted molar refractivity (Wildman–Crippen MR) is 239 cm³/mol. The number of hydrogen-bond acceptors (Lipinski definition) is 8. The lowest BCUT2D eigenvalue weighted by molar-refractivity contribution is -0.0289. The number of carbonyl (C=O) groups excluding carboxylic acids is 1. The van der Waals surface area contributed by atoms with Crippen LogP contribution >= 0.6 is 0 Å². The molecule has 3 aliphatic heterocycles. The number of carbonyl (C=O) groups is 1. The second kappa shape index (κ2) is 18.5. The number of rotatable bonds is 16. The maximum Gasteiger partial charge on any atom is 0.411 e. The summed E-state index contributed by atoms with van der Waals surface area (Å²) >= 11 is 0. The van der Waals surface area contributed by atoms with E-state index in [0.717, 1.165) is 96.4 Å². The maximum atomic E-state index is 13.2. The van der Waals surface area contributed by atoms with Gasteiger partial charge in [0, 0.05) is 36.7 Å². The topological polar surface area (TPSA) is 125 Å². The van der Waals surface area contributed by atoms with E-state index in [1.165, 1.54) is 6.07 Å². The monoisotopic (exact) mass is 816 g/mol. The molecule has 0 spiro atoms. The molecule has 3 aliphatic rings. The van der Waals surface area contributed by atoms with Crippen molar-refractivity contribution in [2.75, 3.05) is 38.1 Å². The van der Waals surface area contributed by atoms with Gasteiger partial charge < -0.3 is 29.3 Å². The summed E-state index contributed by atoms with van der Waals surface area (Å²) in [4.78, 5) is 30.5. The van der Waals surface area contributed by atoms with Gasteiger partial charge in [0.2, 0.25) is 5.56 Å². The van der Waals surface area contributed by atoms with Gasteiger partial charge in [-0.15, -0.1) is 0 Å². The van der Waals surface area contributed by atoms with Crippen molar-refractivity contribution >= 4 is 31.0 Å². The molecule has 3 saturated heterocycles. The van der Waals surface area contributed by atoms with Crippen molar-refractivity contribution in [2.45, 2.75) is 89.8 Å². The number of pyridine rings is 1. The first-order chi connectivity index (χ1) is 28.3. The smallest absolute Gasteiger partial charge is 0.411 e. The van der Waals surface area contributed by atoms with E-state index < -0.39 is 8.32 Å². The largest absolute Gasteiger partial charge is 0.506 e. The fourth-order valence-electron chi connectivity index (χ4n) is 8.00. The lowest BCUT2D eigenvalue weighted by Crippen LogP contribution is -2.52. The number of phenols is 1. The highest BCUT2D eigenvalue weighted by atomic mass is 28.4. The summed E-state index contributed by atoms with van der Waals surface area (Å²) in [6.45, 7) is 16.0. The zero-order valence-electron chi connectivity index (χ0n) is 35.2. The Morgan fingerprint density at radius 3 is 2.39 bits per heavy atom. The maximum absolute atomic E-state index is 13.2. The van der Waals surface area contributed by atoms with E-state index in [1.807, 2.05) is 36.4 Å². The lowest BCUT2D eigenvalue weighted by Gasteiger charge is -2.43. The molecule has 1 aromatic heterocycles. The molecule has 10 nitrogen and oxygen atoms in total. The van der Waals surface area contributed by atoms with Crippen molar-refractivity contribution < 1.29 is 23.8 Å². The number of benzene rings is 4. The van der Waals surface area contributed by atoms with E-state index in [1.54, 1.807) is 12.1 Å². The number of unbranched alkanes of at least 4 members (excludes halogenated alkanes) is 1.